The number of benzene rings is 3. The summed E-state index contributed by atoms with van der Waals surface area (Å²) in [6.45, 7) is 1.92. The first-order valence-electron chi connectivity index (χ1n) is 9.91. The molecule has 1 N–H and O–H groups in total. The predicted octanol–water partition coefficient (Wildman–Crippen LogP) is 4.10. The molecule has 6 nitrogen and oxygen atoms in total. The minimum absolute atomic E-state index is 0.0586. The molecular formula is C23H22ClN3O3S. The van der Waals surface area contributed by atoms with Gasteiger partial charge in [0.05, 0.1) is 15.5 Å². The van der Waals surface area contributed by atoms with Gasteiger partial charge in [-0.2, -0.15) is 4.31 Å². The van der Waals surface area contributed by atoms with Crippen LogP contribution in [0.1, 0.15) is 10.4 Å². The third-order valence-electron chi connectivity index (χ3n) is 5.21. The Kier molecular flexibility index (Phi) is 6.27. The van der Waals surface area contributed by atoms with Crippen molar-refractivity contribution >= 4 is 38.9 Å². The van der Waals surface area contributed by atoms with Crippen LogP contribution in [-0.4, -0.2) is 44.8 Å². The second-order valence-electron chi connectivity index (χ2n) is 7.19. The third-order valence-corrected chi connectivity index (χ3v) is 7.44. The molecule has 1 aliphatic heterocycles. The Morgan fingerprint density at radius 3 is 2.10 bits per heavy atom. The second-order valence-corrected chi connectivity index (χ2v) is 9.53. The zero-order valence-electron chi connectivity index (χ0n) is 16.7. The summed E-state index contributed by atoms with van der Waals surface area (Å²) in [7, 11) is -3.75. The molecule has 1 amide bonds. The van der Waals surface area contributed by atoms with E-state index in [0.29, 0.717) is 31.9 Å². The molecule has 0 unspecified atom stereocenters. The van der Waals surface area contributed by atoms with Crippen molar-refractivity contribution in [3.63, 3.8) is 0 Å². The molecule has 0 radical (unpaired) electrons. The summed E-state index contributed by atoms with van der Waals surface area (Å²) in [6.07, 6.45) is 0. The van der Waals surface area contributed by atoms with Crippen molar-refractivity contribution in [3.8, 4) is 0 Å². The van der Waals surface area contributed by atoms with Crippen LogP contribution in [0.25, 0.3) is 0 Å². The number of nitrogens with one attached hydrogen (secondary N) is 1. The Morgan fingerprint density at radius 2 is 1.45 bits per heavy atom. The normalized spacial score (nSPS) is 14.9. The van der Waals surface area contributed by atoms with E-state index in [0.717, 1.165) is 5.69 Å². The molecule has 1 saturated heterocycles. The van der Waals surface area contributed by atoms with Crippen molar-refractivity contribution in [3.05, 3.63) is 89.4 Å². The second kappa shape index (κ2) is 9.09. The van der Waals surface area contributed by atoms with Crippen molar-refractivity contribution < 1.29 is 13.2 Å². The molecular weight excluding hydrogens is 434 g/mol. The summed E-state index contributed by atoms with van der Waals surface area (Å²) in [5, 5.41) is 2.94. The SMILES string of the molecule is O=C(Nc1ccccc1)c1cc(S(=O)(=O)N2CCN(c3ccccc3)CC2)ccc1Cl. The van der Waals surface area contributed by atoms with Crippen LogP contribution in [0.4, 0.5) is 11.4 Å². The fourth-order valence-corrected chi connectivity index (χ4v) is 5.19. The van der Waals surface area contributed by atoms with Crippen LogP contribution < -0.4 is 10.2 Å². The molecule has 1 aliphatic rings. The van der Waals surface area contributed by atoms with Gasteiger partial charge in [-0.15, -0.1) is 0 Å². The number of piperazine rings is 1. The molecule has 31 heavy (non-hydrogen) atoms. The Labute approximate surface area is 187 Å². The fourth-order valence-electron chi connectivity index (χ4n) is 3.53. The summed E-state index contributed by atoms with van der Waals surface area (Å²) in [5.41, 5.74) is 1.80. The van der Waals surface area contributed by atoms with E-state index in [1.54, 1.807) is 24.3 Å². The number of nitrogens with zero attached hydrogens (tertiary/aromatic N) is 2. The van der Waals surface area contributed by atoms with E-state index < -0.39 is 15.9 Å². The molecule has 160 valence electrons. The molecule has 0 saturated carbocycles. The van der Waals surface area contributed by atoms with Crippen molar-refractivity contribution in [2.45, 2.75) is 4.90 Å². The van der Waals surface area contributed by atoms with E-state index in [9.17, 15) is 13.2 Å². The van der Waals surface area contributed by atoms with Gasteiger partial charge in [-0.1, -0.05) is 48.0 Å². The highest BCUT2D eigenvalue weighted by Crippen LogP contribution is 2.25. The Balaban J connectivity index is 1.51. The first-order chi connectivity index (χ1) is 14.9. The van der Waals surface area contributed by atoms with E-state index in [-0.39, 0.29) is 15.5 Å². The maximum absolute atomic E-state index is 13.2. The van der Waals surface area contributed by atoms with Gasteiger partial charge in [0.25, 0.3) is 5.91 Å². The highest BCUT2D eigenvalue weighted by atomic mass is 35.5. The van der Waals surface area contributed by atoms with Crippen molar-refractivity contribution in [2.75, 3.05) is 36.4 Å². The molecule has 0 bridgehead atoms. The topological polar surface area (TPSA) is 69.7 Å². The zero-order valence-corrected chi connectivity index (χ0v) is 18.3. The van der Waals surface area contributed by atoms with E-state index in [1.807, 2.05) is 36.4 Å². The highest BCUT2D eigenvalue weighted by Gasteiger charge is 2.29. The smallest absolute Gasteiger partial charge is 0.257 e. The lowest BCUT2D eigenvalue weighted by Crippen LogP contribution is -2.48. The summed E-state index contributed by atoms with van der Waals surface area (Å²) in [5.74, 6) is -0.456. The maximum Gasteiger partial charge on any atom is 0.257 e. The van der Waals surface area contributed by atoms with Gasteiger partial charge in [0.1, 0.15) is 0 Å². The van der Waals surface area contributed by atoms with Crippen LogP contribution in [0.3, 0.4) is 0 Å². The lowest BCUT2D eigenvalue weighted by atomic mass is 10.2. The standard InChI is InChI=1S/C23H22ClN3O3S/c24-22-12-11-20(17-21(22)23(28)25-18-7-3-1-4-8-18)31(29,30)27-15-13-26(14-16-27)19-9-5-2-6-10-19/h1-12,17H,13-16H2,(H,25,28). The number of rotatable bonds is 5. The van der Waals surface area contributed by atoms with Gasteiger partial charge in [-0.25, -0.2) is 8.42 Å². The van der Waals surface area contributed by atoms with Gasteiger partial charge in [0.2, 0.25) is 10.0 Å². The average molecular weight is 456 g/mol. The quantitative estimate of drug-likeness (QED) is 0.628. The molecule has 0 aromatic heterocycles. The fraction of sp³-hybridized carbons (Fsp3) is 0.174. The van der Waals surface area contributed by atoms with Gasteiger partial charge < -0.3 is 10.2 Å². The largest absolute Gasteiger partial charge is 0.369 e. The van der Waals surface area contributed by atoms with Gasteiger partial charge in [-0.05, 0) is 42.5 Å². The molecule has 0 atom stereocenters. The maximum atomic E-state index is 13.2. The number of anilines is 2. The molecule has 8 heteroatoms. The zero-order chi connectivity index (χ0) is 21.8. The number of halogens is 1. The lowest BCUT2D eigenvalue weighted by molar-refractivity contribution is 0.102. The van der Waals surface area contributed by atoms with Crippen molar-refractivity contribution in [2.24, 2.45) is 0 Å². The Morgan fingerprint density at radius 1 is 0.839 bits per heavy atom. The van der Waals surface area contributed by atoms with E-state index >= 15 is 0 Å². The van der Waals surface area contributed by atoms with Crippen LogP contribution in [0.15, 0.2) is 83.8 Å². The number of hydrogen-bond acceptors (Lipinski definition) is 4. The van der Waals surface area contributed by atoms with Crippen LogP contribution >= 0.6 is 11.6 Å². The lowest BCUT2D eigenvalue weighted by Gasteiger charge is -2.35. The molecule has 1 fully saturated rings. The molecule has 0 spiro atoms. The number of para-hydroxylation sites is 2. The first kappa shape index (κ1) is 21.4. The van der Waals surface area contributed by atoms with Crippen LogP contribution in [0.5, 0.6) is 0 Å². The van der Waals surface area contributed by atoms with Gasteiger partial charge in [0.15, 0.2) is 0 Å². The summed E-state index contributed by atoms with van der Waals surface area (Å²) in [6, 6.07) is 23.1. The number of amides is 1. The Bertz CT molecular complexity index is 1160. The molecule has 1 heterocycles. The van der Waals surface area contributed by atoms with Crippen molar-refractivity contribution in [1.82, 2.24) is 4.31 Å². The average Bonchev–Trinajstić information content (AvgIpc) is 2.80. The van der Waals surface area contributed by atoms with Crippen LogP contribution in [0.2, 0.25) is 5.02 Å². The number of carbonyl (C=O) groups excluding carboxylic acids is 1. The van der Waals surface area contributed by atoms with Crippen LogP contribution in [-0.2, 0) is 10.0 Å². The number of carbonyl (C=O) groups is 1. The van der Waals surface area contributed by atoms with E-state index in [1.165, 1.54) is 22.5 Å². The van der Waals surface area contributed by atoms with Gasteiger partial charge in [-0.3, -0.25) is 4.79 Å². The molecule has 3 aromatic rings. The van der Waals surface area contributed by atoms with E-state index in [4.69, 9.17) is 11.6 Å². The first-order valence-corrected chi connectivity index (χ1v) is 11.7. The minimum Gasteiger partial charge on any atom is -0.369 e. The van der Waals surface area contributed by atoms with Gasteiger partial charge in [0, 0.05) is 37.6 Å². The van der Waals surface area contributed by atoms with Crippen molar-refractivity contribution in [1.29, 1.82) is 0 Å². The predicted molar refractivity (Wildman–Crippen MR) is 123 cm³/mol. The molecule has 0 aliphatic carbocycles. The Hall–Kier alpha value is -2.87. The third kappa shape index (κ3) is 4.74. The summed E-state index contributed by atoms with van der Waals surface area (Å²) >= 11 is 6.20. The number of sulfonamides is 1. The molecule has 4 rings (SSSR count). The van der Waals surface area contributed by atoms with E-state index in [2.05, 4.69) is 10.2 Å². The molecule has 3 aromatic carbocycles. The van der Waals surface area contributed by atoms with Gasteiger partial charge >= 0.3 is 0 Å². The minimum atomic E-state index is -3.75. The monoisotopic (exact) mass is 455 g/mol. The summed E-state index contributed by atoms with van der Waals surface area (Å²) in [4.78, 5) is 14.9. The van der Waals surface area contributed by atoms with Crippen LogP contribution in [0, 0.1) is 0 Å². The number of hydrogen-bond donors (Lipinski definition) is 1. The highest BCUT2D eigenvalue weighted by molar-refractivity contribution is 7.89. The summed E-state index contributed by atoms with van der Waals surface area (Å²) < 4.78 is 27.9.